The fourth-order valence-corrected chi connectivity index (χ4v) is 4.23. The number of phenolic OH excluding ortho intramolecular Hbond substituents is 1. The number of phenols is 1. The van der Waals surface area contributed by atoms with E-state index in [1.54, 1.807) is 12.1 Å². The molecule has 1 aliphatic heterocycles. The first-order valence-electron chi connectivity index (χ1n) is 6.22. The molecule has 1 aliphatic rings. The van der Waals surface area contributed by atoms with E-state index in [0.717, 1.165) is 5.56 Å². The van der Waals surface area contributed by atoms with Crippen LogP contribution >= 0.6 is 11.6 Å². The Morgan fingerprint density at radius 1 is 1.50 bits per heavy atom. The molecule has 1 amide bonds. The average molecular weight is 318 g/mol. The largest absolute Gasteiger partial charge is 0.506 e. The highest BCUT2D eigenvalue weighted by molar-refractivity contribution is 7.91. The van der Waals surface area contributed by atoms with Crippen LogP contribution in [0.2, 0.25) is 0 Å². The molecular weight excluding hydrogens is 302 g/mol. The van der Waals surface area contributed by atoms with Gasteiger partial charge in [-0.25, -0.2) is 8.42 Å². The van der Waals surface area contributed by atoms with Gasteiger partial charge >= 0.3 is 0 Å². The lowest BCUT2D eigenvalue weighted by atomic mass is 10.1. The Kier molecular flexibility index (Phi) is 4.25. The number of anilines is 1. The third kappa shape index (κ3) is 3.07. The Morgan fingerprint density at radius 3 is 2.75 bits per heavy atom. The summed E-state index contributed by atoms with van der Waals surface area (Å²) in [7, 11) is -3.13. The smallest absolute Gasteiger partial charge is 0.242 e. The molecule has 1 aromatic carbocycles. The monoisotopic (exact) mass is 317 g/mol. The van der Waals surface area contributed by atoms with Crippen LogP contribution < -0.4 is 4.90 Å². The van der Waals surface area contributed by atoms with Crippen molar-refractivity contribution in [1.82, 2.24) is 0 Å². The molecule has 1 fully saturated rings. The second kappa shape index (κ2) is 5.61. The summed E-state index contributed by atoms with van der Waals surface area (Å²) in [6.07, 6.45) is 0.359. The summed E-state index contributed by atoms with van der Waals surface area (Å²) in [5.74, 6) is -0.767. The second-order valence-corrected chi connectivity index (χ2v) is 7.44. The highest BCUT2D eigenvalue weighted by Crippen LogP contribution is 2.32. The molecule has 110 valence electrons. The minimum Gasteiger partial charge on any atom is -0.506 e. The molecular formula is C13H16ClNO4S. The first-order valence-corrected chi connectivity index (χ1v) is 8.58. The molecule has 1 heterocycles. The van der Waals surface area contributed by atoms with E-state index < -0.39 is 21.8 Å². The molecule has 1 aromatic rings. The molecule has 1 atom stereocenters. The van der Waals surface area contributed by atoms with Gasteiger partial charge in [0.25, 0.3) is 0 Å². The maximum Gasteiger partial charge on any atom is 0.242 e. The van der Waals surface area contributed by atoms with Gasteiger partial charge in [0.15, 0.2) is 9.84 Å². The number of carbonyl (C=O) groups excluding carboxylic acids is 1. The van der Waals surface area contributed by atoms with Crippen LogP contribution in [0.5, 0.6) is 5.75 Å². The number of hydrogen-bond donors (Lipinski definition) is 1. The van der Waals surface area contributed by atoms with Gasteiger partial charge in [0, 0.05) is 0 Å². The molecule has 0 saturated carbocycles. The lowest BCUT2D eigenvalue weighted by molar-refractivity contribution is -0.116. The minimum atomic E-state index is -3.13. The summed E-state index contributed by atoms with van der Waals surface area (Å²) in [6.45, 7) is 1.83. The highest BCUT2D eigenvalue weighted by Gasteiger charge is 2.36. The Labute approximate surface area is 123 Å². The molecule has 0 bridgehead atoms. The van der Waals surface area contributed by atoms with Crippen molar-refractivity contribution in [1.29, 1.82) is 0 Å². The molecule has 2 rings (SSSR count). The van der Waals surface area contributed by atoms with Crippen molar-refractivity contribution < 1.29 is 18.3 Å². The maximum atomic E-state index is 12.1. The van der Waals surface area contributed by atoms with E-state index >= 15 is 0 Å². The van der Waals surface area contributed by atoms with E-state index in [9.17, 15) is 18.3 Å². The van der Waals surface area contributed by atoms with E-state index in [-0.39, 0.29) is 23.1 Å². The number of aromatic hydroxyl groups is 1. The van der Waals surface area contributed by atoms with Crippen LogP contribution in [0.4, 0.5) is 5.69 Å². The number of hydrogen-bond acceptors (Lipinski definition) is 4. The van der Waals surface area contributed by atoms with Crippen LogP contribution in [-0.4, -0.2) is 42.9 Å². The lowest BCUT2D eigenvalue weighted by Crippen LogP contribution is -2.42. The summed E-state index contributed by atoms with van der Waals surface area (Å²) in [4.78, 5) is 13.4. The Balaban J connectivity index is 2.43. The number of amides is 1. The Bertz CT molecular complexity index is 629. The third-order valence-corrected chi connectivity index (χ3v) is 5.33. The zero-order valence-corrected chi connectivity index (χ0v) is 12.6. The van der Waals surface area contributed by atoms with Gasteiger partial charge < -0.3 is 10.0 Å². The predicted molar refractivity (Wildman–Crippen MR) is 78.1 cm³/mol. The van der Waals surface area contributed by atoms with Crippen LogP contribution in [-0.2, 0) is 14.6 Å². The van der Waals surface area contributed by atoms with Gasteiger partial charge in [0.2, 0.25) is 5.91 Å². The zero-order chi connectivity index (χ0) is 14.9. The van der Waals surface area contributed by atoms with Crippen LogP contribution in [0.25, 0.3) is 0 Å². The average Bonchev–Trinajstić information content (AvgIpc) is 2.74. The molecule has 0 spiro atoms. The van der Waals surface area contributed by atoms with Crippen molar-refractivity contribution in [3.05, 3.63) is 23.8 Å². The van der Waals surface area contributed by atoms with Gasteiger partial charge in [-0.1, -0.05) is 6.07 Å². The summed E-state index contributed by atoms with van der Waals surface area (Å²) in [6, 6.07) is 4.39. The standard InChI is InChI=1S/C13H16ClNO4S/c1-9-2-3-12(16)11(6-9)15(13(17)7-14)10-4-5-20(18,19)8-10/h2-3,6,10,16H,4-5,7-8H2,1H3. The van der Waals surface area contributed by atoms with Crippen LogP contribution in [0.3, 0.4) is 0 Å². The zero-order valence-electron chi connectivity index (χ0n) is 11.0. The fraction of sp³-hybridized carbons (Fsp3) is 0.462. The van der Waals surface area contributed by atoms with Crippen LogP contribution in [0.1, 0.15) is 12.0 Å². The highest BCUT2D eigenvalue weighted by atomic mass is 35.5. The molecule has 20 heavy (non-hydrogen) atoms. The predicted octanol–water partition coefficient (Wildman–Crippen LogP) is 1.46. The summed E-state index contributed by atoms with van der Waals surface area (Å²) in [5.41, 5.74) is 1.18. The number of aryl methyl sites for hydroxylation is 1. The maximum absolute atomic E-state index is 12.1. The number of benzene rings is 1. The Hall–Kier alpha value is -1.27. The minimum absolute atomic E-state index is 0.0519. The van der Waals surface area contributed by atoms with Crippen molar-refractivity contribution in [2.75, 3.05) is 22.3 Å². The number of carbonyl (C=O) groups is 1. The molecule has 1 saturated heterocycles. The molecule has 0 aliphatic carbocycles. The molecule has 1 unspecified atom stereocenters. The molecule has 7 heteroatoms. The molecule has 0 radical (unpaired) electrons. The number of rotatable bonds is 3. The van der Waals surface area contributed by atoms with Gasteiger partial charge in [-0.3, -0.25) is 4.79 Å². The fourth-order valence-electron chi connectivity index (χ4n) is 2.40. The number of halogens is 1. The van der Waals surface area contributed by atoms with E-state index in [1.165, 1.54) is 11.0 Å². The topological polar surface area (TPSA) is 74.7 Å². The van der Waals surface area contributed by atoms with Crippen molar-refractivity contribution >= 4 is 33.0 Å². The summed E-state index contributed by atoms with van der Waals surface area (Å²) < 4.78 is 23.2. The van der Waals surface area contributed by atoms with E-state index in [0.29, 0.717) is 12.1 Å². The van der Waals surface area contributed by atoms with Crippen molar-refractivity contribution in [3.8, 4) is 5.75 Å². The van der Waals surface area contributed by atoms with Gasteiger partial charge in [0.05, 0.1) is 23.2 Å². The first kappa shape index (κ1) is 15.1. The third-order valence-electron chi connectivity index (χ3n) is 3.35. The van der Waals surface area contributed by atoms with Gasteiger partial charge in [-0.15, -0.1) is 11.6 Å². The number of nitrogens with zero attached hydrogens (tertiary/aromatic N) is 1. The van der Waals surface area contributed by atoms with Crippen LogP contribution in [0.15, 0.2) is 18.2 Å². The van der Waals surface area contributed by atoms with Crippen molar-refractivity contribution in [2.24, 2.45) is 0 Å². The molecule has 1 N–H and O–H groups in total. The quantitative estimate of drug-likeness (QED) is 0.856. The number of alkyl halides is 1. The lowest BCUT2D eigenvalue weighted by Gasteiger charge is -2.28. The number of sulfone groups is 1. The van der Waals surface area contributed by atoms with E-state index in [4.69, 9.17) is 11.6 Å². The van der Waals surface area contributed by atoms with Gasteiger partial charge in [-0.2, -0.15) is 0 Å². The van der Waals surface area contributed by atoms with Crippen LogP contribution in [0, 0.1) is 6.92 Å². The van der Waals surface area contributed by atoms with E-state index in [1.807, 2.05) is 6.92 Å². The second-order valence-electron chi connectivity index (χ2n) is 4.95. The molecule has 5 nitrogen and oxygen atoms in total. The summed E-state index contributed by atoms with van der Waals surface area (Å²) >= 11 is 5.62. The summed E-state index contributed by atoms with van der Waals surface area (Å²) in [5, 5.41) is 9.95. The molecule has 0 aromatic heterocycles. The SMILES string of the molecule is Cc1ccc(O)c(N(C(=O)CCl)C2CCS(=O)(=O)C2)c1. The first-order chi connectivity index (χ1) is 9.34. The van der Waals surface area contributed by atoms with E-state index in [2.05, 4.69) is 0 Å². The van der Waals surface area contributed by atoms with Crippen molar-refractivity contribution in [3.63, 3.8) is 0 Å². The van der Waals surface area contributed by atoms with Gasteiger partial charge in [-0.05, 0) is 31.0 Å². The van der Waals surface area contributed by atoms with Crippen molar-refractivity contribution in [2.45, 2.75) is 19.4 Å². The normalized spacial score (nSPS) is 20.8. The van der Waals surface area contributed by atoms with Gasteiger partial charge in [0.1, 0.15) is 11.6 Å². The Morgan fingerprint density at radius 2 is 2.20 bits per heavy atom.